The van der Waals surface area contributed by atoms with Crippen LogP contribution in [-0.4, -0.2) is 3.21 Å². The number of fused-ring (bicyclic) bond motifs is 4. The van der Waals surface area contributed by atoms with Crippen molar-refractivity contribution in [1.82, 2.24) is 0 Å². The van der Waals surface area contributed by atoms with E-state index < -0.39 is 21.3 Å². The van der Waals surface area contributed by atoms with Crippen LogP contribution in [0.3, 0.4) is 0 Å². The summed E-state index contributed by atoms with van der Waals surface area (Å²) >= 11 is -2.91. The largest absolute Gasteiger partial charge is 1.00 e. The van der Waals surface area contributed by atoms with Gasteiger partial charge in [-0.2, -0.15) is 0 Å². The van der Waals surface area contributed by atoms with E-state index in [-0.39, 0.29) is 24.8 Å². The van der Waals surface area contributed by atoms with Crippen LogP contribution < -0.4 is 24.8 Å². The summed E-state index contributed by atoms with van der Waals surface area (Å²) in [7, 11) is 0. The maximum absolute atomic E-state index is 2.91. The van der Waals surface area contributed by atoms with Gasteiger partial charge in [0, 0.05) is 0 Å². The second-order valence-electron chi connectivity index (χ2n) is 13.0. The number of allylic oxidation sites excluding steroid dienone is 1. The molecule has 0 aliphatic heterocycles. The van der Waals surface area contributed by atoms with Crippen LogP contribution in [0.1, 0.15) is 72.5 Å². The number of hydrogen-bond acceptors (Lipinski definition) is 0. The Kier molecular flexibility index (Phi) is 10.9. The Morgan fingerprint density at radius 2 is 1.02 bits per heavy atom. The molecule has 2 aliphatic rings. The summed E-state index contributed by atoms with van der Waals surface area (Å²) in [6.45, 7) is 7.02. The summed E-state index contributed by atoms with van der Waals surface area (Å²) in [6, 6.07) is 55.6. The first kappa shape index (κ1) is 35.2. The molecule has 0 saturated heterocycles. The van der Waals surface area contributed by atoms with Gasteiger partial charge in [-0.25, -0.2) is 0 Å². The Morgan fingerprint density at radius 3 is 1.53 bits per heavy atom. The van der Waals surface area contributed by atoms with Gasteiger partial charge in [0.15, 0.2) is 0 Å². The van der Waals surface area contributed by atoms with Crippen molar-refractivity contribution in [2.24, 2.45) is 0 Å². The molecule has 0 saturated carbocycles. The Morgan fingerprint density at radius 1 is 0.510 bits per heavy atom. The molecule has 0 amide bonds. The first-order valence-electron chi connectivity index (χ1n) is 17.1. The molecule has 242 valence electrons. The van der Waals surface area contributed by atoms with E-state index in [1.165, 1.54) is 61.2 Å². The van der Waals surface area contributed by atoms with Crippen molar-refractivity contribution < 1.29 is 46.1 Å². The molecule has 0 nitrogen and oxygen atoms in total. The van der Waals surface area contributed by atoms with Crippen LogP contribution in [0.2, 0.25) is 0 Å². The normalized spacial score (nSPS) is 13.9. The molecule has 0 radical (unpaired) electrons. The zero-order chi connectivity index (χ0) is 31.9. The quantitative estimate of drug-likeness (QED) is 0.199. The van der Waals surface area contributed by atoms with Crippen LogP contribution >= 0.6 is 0 Å². The van der Waals surface area contributed by atoms with Gasteiger partial charge in [-0.05, 0) is 0 Å². The van der Waals surface area contributed by atoms with Crippen molar-refractivity contribution in [2.75, 3.05) is 0 Å². The molecule has 6 aromatic carbocycles. The molecule has 0 fully saturated rings. The van der Waals surface area contributed by atoms with E-state index >= 15 is 0 Å². The van der Waals surface area contributed by atoms with Gasteiger partial charge in [0.1, 0.15) is 0 Å². The SMILES string of the molecule is CCc1ccc2c(c1)[CH]([Zr+2](=[C](c1ccccc1)c1ccccc1)[CH]1C(C)=Cc3c(-c4ccccc4)cccc31)c1cc(CC)ccc1-2.[Cl-].[Cl-]. The molecule has 3 heteroatoms. The van der Waals surface area contributed by atoms with E-state index in [2.05, 4.69) is 172 Å². The minimum Gasteiger partial charge on any atom is -1.00 e. The van der Waals surface area contributed by atoms with Crippen molar-refractivity contribution in [2.45, 2.75) is 40.9 Å². The Labute approximate surface area is 311 Å². The Bertz CT molecular complexity index is 2070. The summed E-state index contributed by atoms with van der Waals surface area (Å²) < 4.78 is 2.43. The molecule has 0 bridgehead atoms. The van der Waals surface area contributed by atoms with Crippen LogP contribution in [0.15, 0.2) is 151 Å². The van der Waals surface area contributed by atoms with Gasteiger partial charge in [0.2, 0.25) is 0 Å². The van der Waals surface area contributed by atoms with Crippen molar-refractivity contribution in [1.29, 1.82) is 0 Å². The van der Waals surface area contributed by atoms with Gasteiger partial charge in [0.25, 0.3) is 0 Å². The zero-order valence-corrected chi connectivity index (χ0v) is 32.2. The fraction of sp³-hybridized carbons (Fsp3) is 0.152. The van der Waals surface area contributed by atoms with Crippen LogP contribution in [0.4, 0.5) is 0 Å². The van der Waals surface area contributed by atoms with Crippen molar-refractivity contribution in [3.05, 3.63) is 196 Å². The maximum Gasteiger partial charge on any atom is -1.00 e. The predicted molar refractivity (Wildman–Crippen MR) is 197 cm³/mol. The third-order valence-corrected chi connectivity index (χ3v) is 19.7. The number of hydrogen-bond donors (Lipinski definition) is 0. The van der Waals surface area contributed by atoms with E-state index in [0.717, 1.165) is 12.8 Å². The smallest absolute Gasteiger partial charge is 1.00 e. The molecule has 6 aromatic rings. The van der Waals surface area contributed by atoms with Crippen molar-refractivity contribution in [3.63, 3.8) is 0 Å². The summed E-state index contributed by atoms with van der Waals surface area (Å²) in [6.07, 6.45) is 4.64. The molecule has 0 N–H and O–H groups in total. The van der Waals surface area contributed by atoms with Gasteiger partial charge in [-0.1, -0.05) is 0 Å². The first-order chi connectivity index (χ1) is 23.2. The maximum atomic E-state index is 2.58. The summed E-state index contributed by atoms with van der Waals surface area (Å²) in [4.78, 5) is 0. The van der Waals surface area contributed by atoms with Gasteiger partial charge in [-0.15, -0.1) is 0 Å². The molecule has 8 rings (SSSR count). The van der Waals surface area contributed by atoms with Crippen molar-refractivity contribution >= 4 is 9.28 Å². The van der Waals surface area contributed by atoms with Crippen LogP contribution in [0.5, 0.6) is 0 Å². The molecule has 1 atom stereocenters. The summed E-state index contributed by atoms with van der Waals surface area (Å²) in [5, 5.41) is 0. The fourth-order valence-electron chi connectivity index (χ4n) is 8.13. The van der Waals surface area contributed by atoms with Crippen molar-refractivity contribution in [3.8, 4) is 22.3 Å². The average molecular weight is 755 g/mol. The number of rotatable bonds is 7. The predicted octanol–water partition coefficient (Wildman–Crippen LogP) is 5.60. The summed E-state index contributed by atoms with van der Waals surface area (Å²) in [5.41, 5.74) is 18.8. The van der Waals surface area contributed by atoms with Gasteiger partial charge >= 0.3 is 289 Å². The molecule has 1 unspecified atom stereocenters. The first-order valence-corrected chi connectivity index (χ1v) is 21.2. The van der Waals surface area contributed by atoms with Crippen LogP contribution in [0, 0.1) is 0 Å². The third kappa shape index (κ3) is 6.32. The van der Waals surface area contributed by atoms with E-state index in [1.54, 1.807) is 14.3 Å². The summed E-state index contributed by atoms with van der Waals surface area (Å²) in [5.74, 6) is 0. The monoisotopic (exact) mass is 752 g/mol. The average Bonchev–Trinajstić information content (AvgIpc) is 3.64. The molecule has 2 aliphatic carbocycles. The van der Waals surface area contributed by atoms with Gasteiger partial charge in [0.05, 0.1) is 0 Å². The second kappa shape index (κ2) is 15.1. The second-order valence-corrected chi connectivity index (χ2v) is 19.3. The molecule has 0 heterocycles. The number of benzene rings is 6. The molecular formula is C46H40Cl2Zr. The van der Waals surface area contributed by atoms with E-state index in [0.29, 0.717) is 7.25 Å². The van der Waals surface area contributed by atoms with Crippen LogP contribution in [-0.2, 0) is 34.1 Å². The molecule has 49 heavy (non-hydrogen) atoms. The van der Waals surface area contributed by atoms with E-state index in [1.807, 2.05) is 0 Å². The molecule has 0 spiro atoms. The molecular weight excluding hydrogens is 715 g/mol. The topological polar surface area (TPSA) is 0 Å². The van der Waals surface area contributed by atoms with E-state index in [4.69, 9.17) is 0 Å². The minimum atomic E-state index is -2.91. The fourth-order valence-corrected chi connectivity index (χ4v) is 18.5. The Hall–Kier alpha value is -3.61. The number of halogens is 2. The minimum absolute atomic E-state index is 0. The third-order valence-electron chi connectivity index (χ3n) is 10.4. The zero-order valence-electron chi connectivity index (χ0n) is 28.3. The van der Waals surface area contributed by atoms with Gasteiger partial charge < -0.3 is 24.8 Å². The van der Waals surface area contributed by atoms with Gasteiger partial charge in [-0.3, -0.25) is 0 Å². The molecule has 0 aromatic heterocycles. The van der Waals surface area contributed by atoms with E-state index in [9.17, 15) is 0 Å². The van der Waals surface area contributed by atoms with Crippen LogP contribution in [0.25, 0.3) is 28.3 Å². The standard InChI is InChI=1S/C17H17.C16H13.C13H10.2ClH.Zr/c1-3-12-5-7-16-14(9-12)11-15-10-13(4-2)6-8-17(15)16;1-12-10-14-8-5-9-15(16(14)11-12)13-6-3-2-4-7-13;1-3-7-12(8-4-1)11-13-9-5-2-6-10-13;;;/h5-11H,3-4H2,1-2H3;2-11H,1H3;1-10H;2*1H;/q;;;;;+2/p-2. The Balaban J connectivity index is 0.00000208. The number of aryl methyl sites for hydroxylation is 2.